The third-order valence-corrected chi connectivity index (χ3v) is 6.30. The molecule has 2 aliphatic rings. The number of hydrogen-bond acceptors (Lipinski definition) is 5. The molecule has 1 amide bonds. The molecule has 3 heterocycles. The third-order valence-electron chi connectivity index (χ3n) is 5.20. The number of fused-ring (bicyclic) bond motifs is 1. The number of thiazole rings is 1. The third kappa shape index (κ3) is 3.45. The first-order chi connectivity index (χ1) is 12.4. The number of aryl methyl sites for hydroxylation is 1. The van der Waals surface area contributed by atoms with Crippen molar-refractivity contribution in [3.05, 3.63) is 29.3 Å². The summed E-state index contributed by atoms with van der Waals surface area (Å²) in [6, 6.07) is 7.31. The highest BCUT2D eigenvalue weighted by Crippen LogP contribution is 2.35. The molecule has 1 aromatic carbocycles. The van der Waals surface area contributed by atoms with Crippen LogP contribution >= 0.6 is 11.3 Å². The Balaban J connectivity index is 1.28. The smallest absolute Gasteiger partial charge is 0.262 e. The van der Waals surface area contributed by atoms with Crippen molar-refractivity contribution >= 4 is 27.5 Å². The summed E-state index contributed by atoms with van der Waals surface area (Å²) < 4.78 is 28.2. The molecular weight excluding hydrogens is 360 g/mol. The number of halogens is 2. The minimum atomic E-state index is -2.75. The quantitative estimate of drug-likeness (QED) is 0.862. The summed E-state index contributed by atoms with van der Waals surface area (Å²) in [7, 11) is 0. The van der Waals surface area contributed by atoms with Gasteiger partial charge in [-0.3, -0.25) is 9.69 Å². The molecule has 2 saturated heterocycles. The summed E-state index contributed by atoms with van der Waals surface area (Å²) in [5.41, 5.74) is 0.953. The zero-order valence-electron chi connectivity index (χ0n) is 14.3. The number of likely N-dealkylation sites (tertiary alicyclic amines) is 2. The van der Waals surface area contributed by atoms with Gasteiger partial charge in [0.15, 0.2) is 0 Å². The fourth-order valence-electron chi connectivity index (χ4n) is 3.79. The molecule has 2 aromatic rings. The van der Waals surface area contributed by atoms with Crippen LogP contribution in [-0.2, 0) is 11.2 Å². The first-order valence-electron chi connectivity index (χ1n) is 8.82. The molecule has 0 radical (unpaired) electrons. The highest BCUT2D eigenvalue weighted by Gasteiger charge is 2.49. The Morgan fingerprint density at radius 3 is 2.85 bits per heavy atom. The normalized spacial score (nSPS) is 23.5. The molecule has 2 aliphatic heterocycles. The Morgan fingerprint density at radius 2 is 2.12 bits per heavy atom. The van der Waals surface area contributed by atoms with Gasteiger partial charge in [-0.15, -0.1) is 11.3 Å². The zero-order valence-corrected chi connectivity index (χ0v) is 15.1. The van der Waals surface area contributed by atoms with Gasteiger partial charge in [0.05, 0.1) is 28.4 Å². The molecule has 2 fully saturated rings. The van der Waals surface area contributed by atoms with Crippen molar-refractivity contribution in [2.75, 3.05) is 26.2 Å². The number of nitrogens with zero attached hydrogens (tertiary/aromatic N) is 3. The molecule has 0 unspecified atom stereocenters. The first-order valence-corrected chi connectivity index (χ1v) is 9.63. The van der Waals surface area contributed by atoms with Gasteiger partial charge in [-0.25, -0.2) is 13.8 Å². The average molecular weight is 381 g/mol. The number of benzene rings is 1. The van der Waals surface area contributed by atoms with Crippen LogP contribution in [0.15, 0.2) is 24.3 Å². The second-order valence-electron chi connectivity index (χ2n) is 7.10. The molecule has 4 rings (SSSR count). The lowest BCUT2D eigenvalue weighted by Crippen LogP contribution is -2.62. The number of carbonyl (C=O) groups is 1. The van der Waals surface area contributed by atoms with Gasteiger partial charge in [-0.05, 0) is 12.1 Å². The summed E-state index contributed by atoms with van der Waals surface area (Å²) in [4.78, 5) is 20.2. The molecule has 8 heteroatoms. The molecule has 1 N–H and O–H groups in total. The van der Waals surface area contributed by atoms with Crippen molar-refractivity contribution in [3.8, 4) is 0 Å². The topological polar surface area (TPSA) is 56.7 Å². The van der Waals surface area contributed by atoms with Crippen molar-refractivity contribution < 1.29 is 18.7 Å². The van der Waals surface area contributed by atoms with Crippen LogP contribution in [0, 0.1) is 0 Å². The maximum absolute atomic E-state index is 13.6. The van der Waals surface area contributed by atoms with Crippen molar-refractivity contribution in [2.45, 2.75) is 37.3 Å². The summed E-state index contributed by atoms with van der Waals surface area (Å²) >= 11 is 1.60. The molecule has 1 aromatic heterocycles. The molecule has 5 nitrogen and oxygen atoms in total. The van der Waals surface area contributed by atoms with E-state index in [2.05, 4.69) is 4.98 Å². The van der Waals surface area contributed by atoms with Crippen LogP contribution in [0.3, 0.4) is 0 Å². The second-order valence-corrected chi connectivity index (χ2v) is 8.21. The maximum Gasteiger partial charge on any atom is 0.262 e. The number of aromatic nitrogens is 1. The SMILES string of the molecule is O=C(CCc1nc2ccccc2s1)N1CC(N2CC(F)(F)C[C@H]2CO)C1. The first kappa shape index (κ1) is 17.8. The Hall–Kier alpha value is -1.64. The van der Waals surface area contributed by atoms with E-state index in [0.29, 0.717) is 25.9 Å². The molecule has 26 heavy (non-hydrogen) atoms. The lowest BCUT2D eigenvalue weighted by atomic mass is 10.0. The monoisotopic (exact) mass is 381 g/mol. The van der Waals surface area contributed by atoms with Crippen LogP contribution < -0.4 is 0 Å². The largest absolute Gasteiger partial charge is 0.395 e. The standard InChI is InChI=1S/C18H21F2N3O2S/c19-18(20)7-12(10-24)23(11-18)13-8-22(9-13)17(25)6-5-16-21-14-3-1-2-4-15(14)26-16/h1-4,12-13,24H,5-11H2/t12-/m0/s1. The fraction of sp³-hybridized carbons (Fsp3) is 0.556. The van der Waals surface area contributed by atoms with E-state index in [4.69, 9.17) is 0 Å². The molecule has 0 bridgehead atoms. The zero-order chi connectivity index (χ0) is 18.3. The Kier molecular flexibility index (Phi) is 4.66. The van der Waals surface area contributed by atoms with E-state index in [0.717, 1.165) is 15.2 Å². The van der Waals surface area contributed by atoms with E-state index >= 15 is 0 Å². The fourth-order valence-corrected chi connectivity index (χ4v) is 4.75. The van der Waals surface area contributed by atoms with E-state index in [1.54, 1.807) is 21.1 Å². The average Bonchev–Trinajstić information content (AvgIpc) is 3.11. The predicted molar refractivity (Wildman–Crippen MR) is 95.5 cm³/mol. The van der Waals surface area contributed by atoms with Crippen LogP contribution in [0.4, 0.5) is 8.78 Å². The van der Waals surface area contributed by atoms with Crippen molar-refractivity contribution in [3.63, 3.8) is 0 Å². The summed E-state index contributed by atoms with van der Waals surface area (Å²) in [5.74, 6) is -2.71. The summed E-state index contributed by atoms with van der Waals surface area (Å²) in [5, 5.41) is 10.3. The van der Waals surface area contributed by atoms with E-state index in [1.807, 2.05) is 24.3 Å². The highest BCUT2D eigenvalue weighted by molar-refractivity contribution is 7.18. The summed E-state index contributed by atoms with van der Waals surface area (Å²) in [6.45, 7) is 0.338. The second kappa shape index (κ2) is 6.83. The van der Waals surface area contributed by atoms with Crippen LogP contribution in [0.2, 0.25) is 0 Å². The van der Waals surface area contributed by atoms with Crippen molar-refractivity contribution in [2.24, 2.45) is 0 Å². The number of para-hydroxylation sites is 1. The lowest BCUT2D eigenvalue weighted by molar-refractivity contribution is -0.139. The van der Waals surface area contributed by atoms with Crippen LogP contribution in [0.25, 0.3) is 10.2 Å². The number of carbonyl (C=O) groups excluding carboxylic acids is 1. The molecular formula is C18H21F2N3O2S. The van der Waals surface area contributed by atoms with Gasteiger partial charge in [-0.2, -0.15) is 0 Å². The molecule has 0 saturated carbocycles. The Labute approximate surface area is 154 Å². The van der Waals surface area contributed by atoms with Crippen LogP contribution in [0.1, 0.15) is 17.8 Å². The molecule has 0 spiro atoms. The molecule has 140 valence electrons. The minimum absolute atomic E-state index is 0.0343. The van der Waals surface area contributed by atoms with Gasteiger partial charge in [0.1, 0.15) is 0 Å². The van der Waals surface area contributed by atoms with Gasteiger partial charge in [-0.1, -0.05) is 12.1 Å². The van der Waals surface area contributed by atoms with Crippen molar-refractivity contribution in [1.29, 1.82) is 0 Å². The van der Waals surface area contributed by atoms with E-state index < -0.39 is 12.0 Å². The van der Waals surface area contributed by atoms with Gasteiger partial charge >= 0.3 is 0 Å². The Bertz CT molecular complexity index is 774. The Morgan fingerprint density at radius 1 is 1.35 bits per heavy atom. The predicted octanol–water partition coefficient (Wildman–Crippen LogP) is 2.14. The number of amides is 1. The van der Waals surface area contributed by atoms with Crippen LogP contribution in [0.5, 0.6) is 0 Å². The summed E-state index contributed by atoms with van der Waals surface area (Å²) in [6.07, 6.45) is 0.679. The maximum atomic E-state index is 13.6. The number of rotatable bonds is 5. The van der Waals surface area contributed by atoms with Gasteiger partial charge in [0, 0.05) is 44.4 Å². The van der Waals surface area contributed by atoms with Gasteiger partial charge < -0.3 is 10.0 Å². The number of aliphatic hydroxyl groups is 1. The molecule has 1 atom stereocenters. The lowest BCUT2D eigenvalue weighted by Gasteiger charge is -2.45. The van der Waals surface area contributed by atoms with E-state index in [1.165, 1.54) is 0 Å². The number of alkyl halides is 2. The van der Waals surface area contributed by atoms with Crippen LogP contribution in [-0.4, -0.2) is 70.0 Å². The number of aliphatic hydroxyl groups excluding tert-OH is 1. The van der Waals surface area contributed by atoms with E-state index in [-0.39, 0.29) is 31.5 Å². The van der Waals surface area contributed by atoms with Crippen molar-refractivity contribution in [1.82, 2.24) is 14.8 Å². The minimum Gasteiger partial charge on any atom is -0.395 e. The highest BCUT2D eigenvalue weighted by atomic mass is 32.1. The van der Waals surface area contributed by atoms with E-state index in [9.17, 15) is 18.7 Å². The molecule has 0 aliphatic carbocycles. The van der Waals surface area contributed by atoms with Gasteiger partial charge in [0.2, 0.25) is 5.91 Å². The number of hydrogen-bond donors (Lipinski definition) is 1. The van der Waals surface area contributed by atoms with Gasteiger partial charge in [0.25, 0.3) is 5.92 Å².